The summed E-state index contributed by atoms with van der Waals surface area (Å²) in [6.07, 6.45) is 2.78. The van der Waals surface area contributed by atoms with Gasteiger partial charge in [-0.3, -0.25) is 57.6 Å². The van der Waals surface area contributed by atoms with Crippen molar-refractivity contribution in [2.45, 2.75) is 242 Å². The Bertz CT molecular complexity index is 2570. The molecule has 2 rings (SSSR count). The van der Waals surface area contributed by atoms with Crippen LogP contribution in [0.1, 0.15) is 175 Å². The first kappa shape index (κ1) is 85.2. The van der Waals surface area contributed by atoms with E-state index in [9.17, 15) is 33.9 Å². The van der Waals surface area contributed by atoms with Gasteiger partial charge in [-0.1, -0.05) is 102 Å². The number of hydrogen-bond donors (Lipinski definition) is 3. The Kier molecular flexibility index (Phi) is 36.0. The van der Waals surface area contributed by atoms with Gasteiger partial charge in [-0.05, 0) is 115 Å². The predicted octanol–water partition coefficient (Wildman–Crippen LogP) is 5.31. The van der Waals surface area contributed by atoms with E-state index in [0.29, 0.717) is 26.1 Å². The van der Waals surface area contributed by atoms with Crippen molar-refractivity contribution >= 4 is 64.7 Å². The van der Waals surface area contributed by atoms with Crippen molar-refractivity contribution in [2.75, 3.05) is 88.8 Å². The molecule has 95 heavy (non-hydrogen) atoms. The largest absolute Gasteiger partial charge is 0.390 e. The second-order valence-electron chi connectivity index (χ2n) is 29.1. The molecule has 0 spiro atoms. The normalized spacial score (nSPS) is 27.7. The lowest BCUT2D eigenvalue weighted by Crippen LogP contribution is -2.64. The van der Waals surface area contributed by atoms with Gasteiger partial charge in [0.05, 0.1) is 31.5 Å². The smallest absolute Gasteiger partial charge is 0.246 e. The van der Waals surface area contributed by atoms with Gasteiger partial charge >= 0.3 is 0 Å². The molecule has 0 saturated carbocycles. The Morgan fingerprint density at radius 3 is 1.54 bits per heavy atom. The number of carbonyl (C=O) groups is 11. The van der Waals surface area contributed by atoms with Crippen molar-refractivity contribution in [1.29, 1.82) is 0 Å². The predicted molar refractivity (Wildman–Crippen MR) is 368 cm³/mol. The van der Waals surface area contributed by atoms with Gasteiger partial charge in [-0.2, -0.15) is 0 Å². The lowest BCUT2D eigenvalue weighted by atomic mass is 9.85. The lowest BCUT2D eigenvalue weighted by Gasteiger charge is -2.41. The quantitative estimate of drug-likeness (QED) is 0.103. The number of allylic oxidation sites excluding steroid dienone is 2. The number of nitrogens with one attached hydrogen (secondary N) is 2. The molecular weight excluding hydrogens is 1220 g/mol. The van der Waals surface area contributed by atoms with E-state index in [2.05, 4.69) is 15.5 Å². The summed E-state index contributed by atoms with van der Waals surface area (Å²) in [5.74, 6) is -10.8. The number of likely N-dealkylation sites (N-methyl/N-ethyl adjacent to an activating group) is 7. The Morgan fingerprint density at radius 1 is 0.537 bits per heavy atom. The fourth-order valence-electron chi connectivity index (χ4n) is 12.9. The third kappa shape index (κ3) is 24.3. The third-order valence-corrected chi connectivity index (χ3v) is 19.2. The number of nitrogens with zero attached hydrogens (tertiary/aromatic N) is 8. The van der Waals surface area contributed by atoms with E-state index in [4.69, 9.17) is 9.47 Å². The van der Waals surface area contributed by atoms with Gasteiger partial charge in [0.25, 0.3) is 0 Å². The number of ether oxygens (including phenoxy) is 2. The van der Waals surface area contributed by atoms with Crippen LogP contribution in [0.2, 0.25) is 0 Å². The van der Waals surface area contributed by atoms with Gasteiger partial charge in [0.2, 0.25) is 53.2 Å². The van der Waals surface area contributed by atoms with Gasteiger partial charge in [-0.15, -0.1) is 0 Å². The summed E-state index contributed by atoms with van der Waals surface area (Å²) in [5.41, 5.74) is 0. The maximum Gasteiger partial charge on any atom is 0.246 e. The van der Waals surface area contributed by atoms with Crippen LogP contribution in [-0.2, 0) is 62.2 Å². The Hall–Kier alpha value is -5.85. The molecule has 0 bridgehead atoms. The number of carbonyl (C=O) groups excluding carboxylic acids is 11. The fourth-order valence-corrected chi connectivity index (χ4v) is 12.9. The van der Waals surface area contributed by atoms with Gasteiger partial charge in [-0.25, -0.2) is 0 Å². The summed E-state index contributed by atoms with van der Waals surface area (Å²) < 4.78 is 11.9. The molecule has 2 aliphatic rings. The van der Waals surface area contributed by atoms with Crippen molar-refractivity contribution in [3.8, 4) is 0 Å². The van der Waals surface area contributed by atoms with Gasteiger partial charge < -0.3 is 59.5 Å². The number of ketones is 2. The van der Waals surface area contributed by atoms with Crippen LogP contribution < -0.4 is 10.6 Å². The van der Waals surface area contributed by atoms with Crippen molar-refractivity contribution in [1.82, 2.24) is 49.8 Å². The number of rotatable bonds is 20. The number of aliphatic hydroxyl groups excluding tert-OH is 1. The number of morpholine rings is 1. The summed E-state index contributed by atoms with van der Waals surface area (Å²) in [7, 11) is 10.1. The average molecular weight is 1340 g/mol. The molecule has 544 valence electrons. The van der Waals surface area contributed by atoms with Crippen LogP contribution in [0.5, 0.6) is 0 Å². The van der Waals surface area contributed by atoms with E-state index in [1.807, 2.05) is 54.5 Å². The van der Waals surface area contributed by atoms with Crippen LogP contribution in [0, 0.1) is 47.3 Å². The highest BCUT2D eigenvalue weighted by Crippen LogP contribution is 2.29. The summed E-state index contributed by atoms with van der Waals surface area (Å²) >= 11 is 0. The van der Waals surface area contributed by atoms with Crippen LogP contribution >= 0.6 is 0 Å². The Balaban J connectivity index is 3.01. The van der Waals surface area contributed by atoms with Crippen LogP contribution in [-0.4, -0.2) is 264 Å². The van der Waals surface area contributed by atoms with Crippen molar-refractivity contribution in [3.63, 3.8) is 0 Å². The molecule has 0 aliphatic carbocycles. The van der Waals surface area contributed by atoms with Crippen LogP contribution in [0.4, 0.5) is 0 Å². The second-order valence-corrected chi connectivity index (χ2v) is 29.1. The van der Waals surface area contributed by atoms with Crippen molar-refractivity contribution < 1.29 is 67.3 Å². The van der Waals surface area contributed by atoms with Gasteiger partial charge in [0, 0.05) is 93.7 Å². The summed E-state index contributed by atoms with van der Waals surface area (Å²) in [6, 6.07) is -11.2. The molecule has 2 aliphatic heterocycles. The minimum absolute atomic E-state index is 0.00482. The zero-order valence-electron chi connectivity index (χ0n) is 62.6. The van der Waals surface area contributed by atoms with Gasteiger partial charge in [0.15, 0.2) is 11.6 Å². The molecule has 0 aromatic carbocycles. The molecule has 0 aromatic heterocycles. The first-order chi connectivity index (χ1) is 44.2. The fraction of sp³-hybridized carbons (Fsp3) is 0.817. The minimum Gasteiger partial charge on any atom is -0.390 e. The molecule has 24 nitrogen and oxygen atoms in total. The van der Waals surface area contributed by atoms with E-state index in [1.54, 1.807) is 61.5 Å². The summed E-state index contributed by atoms with van der Waals surface area (Å²) in [6.45, 7) is 33.8. The van der Waals surface area contributed by atoms with Crippen LogP contribution in [0.3, 0.4) is 0 Å². The van der Waals surface area contributed by atoms with Crippen LogP contribution in [0.25, 0.3) is 0 Å². The highest BCUT2D eigenvalue weighted by Gasteiger charge is 2.46. The molecule has 24 heteroatoms. The third-order valence-electron chi connectivity index (χ3n) is 19.2. The summed E-state index contributed by atoms with van der Waals surface area (Å²) in [5, 5.41) is 17.8. The molecule has 0 unspecified atom stereocenters. The molecule has 0 aromatic rings. The number of Topliss-reactive ketones (excluding diaryl/α,β-unsaturated/α-hetero) is 2. The van der Waals surface area contributed by atoms with E-state index in [0.717, 1.165) is 31.0 Å². The van der Waals surface area contributed by atoms with Crippen molar-refractivity contribution in [3.05, 3.63) is 12.2 Å². The molecule has 9 amide bonds. The molecule has 0 radical (unpaired) electrons. The Labute approximate surface area is 570 Å². The molecule has 3 N–H and O–H groups in total. The monoisotopic (exact) mass is 1340 g/mol. The SMILES string of the molecule is C/C=C/C[C@@H](C)[C@@H](O)[C@H]1C(=O)N[C@@H](CC)C(=O)N(C)[C@H](C)C(=O)N(C)[C@@H]([C@@H](C)OCCCCN2CCOCC2)C(=O)C[C@@H](C(C)C)C(=O)N(C)[C@@H](CC(C)C)C(=O)C[C@@H](C)C(=O)N[C@H](C)C(=O)N(C)[C@@H](CC(C)C)C(=O)N(C)[C@@H](CC(C)C)C(=O)N(C)[C@@H](C(C)C)C(=O)N1C. The Morgan fingerprint density at radius 2 is 1.03 bits per heavy atom. The number of amides is 9. The van der Waals surface area contributed by atoms with E-state index in [1.165, 1.54) is 92.6 Å². The number of aliphatic hydroxyl groups is 1. The average Bonchev–Trinajstić information content (AvgIpc) is 0.815. The second kappa shape index (κ2) is 40.1. The first-order valence-electron chi connectivity index (χ1n) is 35.0. The topological polar surface area (TPSA) is 276 Å². The maximum absolute atomic E-state index is 15.3. The van der Waals surface area contributed by atoms with E-state index in [-0.39, 0.29) is 62.9 Å². The lowest BCUT2D eigenvalue weighted by molar-refractivity contribution is -0.157. The van der Waals surface area contributed by atoms with Crippen LogP contribution in [0.15, 0.2) is 12.2 Å². The molecule has 2 fully saturated rings. The zero-order chi connectivity index (χ0) is 72.8. The zero-order valence-corrected chi connectivity index (χ0v) is 62.6. The van der Waals surface area contributed by atoms with E-state index >= 15 is 24.0 Å². The highest BCUT2D eigenvalue weighted by molar-refractivity contribution is 6.00. The van der Waals surface area contributed by atoms with Crippen molar-refractivity contribution in [2.24, 2.45) is 47.3 Å². The number of unbranched alkanes of at least 4 members (excludes halogenated alkanes) is 1. The standard InChI is InChI=1S/C71H126N10O14/c1-25-27-30-47(13)62(84)61-64(86)73-53(26-2)68(90)74(18)50(16)66(88)79(23)60(51(17)95-34-29-28-31-81-32-35-94-36-33-81)58(83)41-52(45(9)10)67(89)75(19)54(37-42(3)4)57(82)40-48(14)63(85)72-49(15)65(87)76(20)55(38-43(5)6)69(91)77(21)56(39-44(7)8)70(92)78(22)59(46(11)12)71(93)80(61)24/h25,27,42-56,59-62,84H,26,28-41H2,1-24H3,(H,72,85)(H,73,86)/b27-25+/t47-,48-,49-,50-,51-,52+,53+,54+,55+,56+,59+,60+,61+,62-/m1/s1. The molecule has 14 atom stereocenters. The van der Waals surface area contributed by atoms with E-state index < -0.39 is 161 Å². The highest BCUT2D eigenvalue weighted by atomic mass is 16.5. The minimum atomic E-state index is -1.63. The van der Waals surface area contributed by atoms with Gasteiger partial charge in [0.1, 0.15) is 48.3 Å². The molecule has 2 saturated heterocycles. The summed E-state index contributed by atoms with van der Waals surface area (Å²) in [4.78, 5) is 175. The maximum atomic E-state index is 15.3. The first-order valence-corrected chi connectivity index (χ1v) is 35.0. The number of hydrogen-bond acceptors (Lipinski definition) is 15. The molecule has 2 heterocycles. The molecular formula is C71H126N10O14.